The minimum atomic E-state index is -4.76. The molecule has 140 valence electrons. The monoisotopic (exact) mass is 406 g/mol. The molecule has 2 aromatic rings. The van der Waals surface area contributed by atoms with Gasteiger partial charge in [-0.1, -0.05) is 35.3 Å². The fourth-order valence-corrected chi connectivity index (χ4v) is 2.74. The van der Waals surface area contributed by atoms with Crippen LogP contribution >= 0.6 is 23.2 Å². The summed E-state index contributed by atoms with van der Waals surface area (Å²) in [5, 5.41) is 3.33. The average molecular weight is 407 g/mol. The van der Waals surface area contributed by atoms with E-state index >= 15 is 0 Å². The highest BCUT2D eigenvalue weighted by atomic mass is 35.5. The third-order valence-corrected chi connectivity index (χ3v) is 3.80. The quantitative estimate of drug-likeness (QED) is 0.749. The van der Waals surface area contributed by atoms with Gasteiger partial charge in [0, 0.05) is 15.7 Å². The smallest absolute Gasteiger partial charge is 0.406 e. The molecule has 0 fully saturated rings. The van der Waals surface area contributed by atoms with Gasteiger partial charge in [0.2, 0.25) is 5.91 Å². The first-order chi connectivity index (χ1) is 11.9. The number of hydrogen-bond donors (Lipinski definition) is 2. The van der Waals surface area contributed by atoms with Crippen molar-refractivity contribution in [3.63, 3.8) is 0 Å². The first-order valence-electron chi connectivity index (χ1n) is 7.36. The molecule has 0 bridgehead atoms. The van der Waals surface area contributed by atoms with Crippen LogP contribution in [0.15, 0.2) is 42.5 Å². The first kappa shape index (κ1) is 20.4. The van der Waals surface area contributed by atoms with Gasteiger partial charge in [-0.25, -0.2) is 0 Å². The zero-order chi connectivity index (χ0) is 19.5. The highest BCUT2D eigenvalue weighted by molar-refractivity contribution is 6.35. The van der Waals surface area contributed by atoms with Crippen LogP contribution in [0.2, 0.25) is 10.0 Å². The number of benzene rings is 2. The van der Waals surface area contributed by atoms with Gasteiger partial charge in [0.1, 0.15) is 5.75 Å². The fourth-order valence-electron chi connectivity index (χ4n) is 2.21. The number of alkyl halides is 3. The maximum atomic E-state index is 12.4. The van der Waals surface area contributed by atoms with Crippen LogP contribution in [0, 0.1) is 0 Å². The van der Waals surface area contributed by atoms with Gasteiger partial charge < -0.3 is 15.8 Å². The van der Waals surface area contributed by atoms with Gasteiger partial charge in [0.05, 0.1) is 5.54 Å². The van der Waals surface area contributed by atoms with Crippen LogP contribution in [-0.2, 0) is 11.2 Å². The fraction of sp³-hybridized carbons (Fsp3) is 0.235. The molecule has 2 rings (SSSR count). The van der Waals surface area contributed by atoms with E-state index in [1.165, 1.54) is 37.3 Å². The van der Waals surface area contributed by atoms with E-state index in [1.54, 1.807) is 0 Å². The molecule has 1 unspecified atom stereocenters. The number of carbonyl (C=O) groups excluding carboxylic acids is 1. The van der Waals surface area contributed by atoms with E-state index in [9.17, 15) is 18.0 Å². The molecule has 3 N–H and O–H groups in total. The van der Waals surface area contributed by atoms with E-state index in [0.29, 0.717) is 21.3 Å². The molecular weight excluding hydrogens is 392 g/mol. The number of nitrogens with one attached hydrogen (secondary N) is 1. The Hall–Kier alpha value is -1.96. The Kier molecular flexibility index (Phi) is 6.05. The molecule has 0 heterocycles. The minimum Gasteiger partial charge on any atom is -0.406 e. The number of amides is 1. The largest absolute Gasteiger partial charge is 0.573 e. The predicted molar refractivity (Wildman–Crippen MR) is 94.5 cm³/mol. The number of anilines is 1. The standard InChI is InChI=1S/C17H15Cl2F3N2O2/c1-16(23,15(25)24-13-7-11(18)6-12(19)8-13)9-10-2-4-14(5-3-10)26-17(20,21)22/h2-8H,9,23H2,1H3,(H,24,25). The summed E-state index contributed by atoms with van der Waals surface area (Å²) in [6.45, 7) is 1.51. The van der Waals surface area contributed by atoms with Crippen molar-refractivity contribution in [1.29, 1.82) is 0 Å². The SMILES string of the molecule is CC(N)(Cc1ccc(OC(F)(F)F)cc1)C(=O)Nc1cc(Cl)cc(Cl)c1. The topological polar surface area (TPSA) is 64.3 Å². The zero-order valence-corrected chi connectivity index (χ0v) is 15.0. The number of nitrogens with two attached hydrogens (primary N) is 1. The van der Waals surface area contributed by atoms with Crippen molar-refractivity contribution in [3.05, 3.63) is 58.1 Å². The van der Waals surface area contributed by atoms with Gasteiger partial charge >= 0.3 is 6.36 Å². The molecular formula is C17H15Cl2F3N2O2. The van der Waals surface area contributed by atoms with E-state index in [2.05, 4.69) is 10.1 Å². The van der Waals surface area contributed by atoms with Crippen LogP contribution < -0.4 is 15.8 Å². The Morgan fingerprint density at radius 3 is 2.15 bits per heavy atom. The highest BCUT2D eigenvalue weighted by Gasteiger charge is 2.31. The minimum absolute atomic E-state index is 0.0967. The van der Waals surface area contributed by atoms with Crippen molar-refractivity contribution in [2.24, 2.45) is 5.73 Å². The number of carbonyl (C=O) groups is 1. The van der Waals surface area contributed by atoms with Crippen molar-refractivity contribution in [3.8, 4) is 5.75 Å². The highest BCUT2D eigenvalue weighted by Crippen LogP contribution is 2.25. The van der Waals surface area contributed by atoms with E-state index in [1.807, 2.05) is 0 Å². The van der Waals surface area contributed by atoms with E-state index in [0.717, 1.165) is 12.1 Å². The normalized spacial score (nSPS) is 13.8. The Morgan fingerprint density at radius 1 is 1.12 bits per heavy atom. The molecule has 9 heteroatoms. The molecule has 2 aromatic carbocycles. The summed E-state index contributed by atoms with van der Waals surface area (Å²) in [4.78, 5) is 12.4. The molecule has 0 radical (unpaired) electrons. The summed E-state index contributed by atoms with van der Waals surface area (Å²) < 4.78 is 40.3. The van der Waals surface area contributed by atoms with Crippen LogP contribution in [0.1, 0.15) is 12.5 Å². The van der Waals surface area contributed by atoms with E-state index < -0.39 is 17.8 Å². The summed E-state index contributed by atoms with van der Waals surface area (Å²) in [7, 11) is 0. The van der Waals surface area contributed by atoms with Crippen molar-refractivity contribution >= 4 is 34.8 Å². The summed E-state index contributed by atoms with van der Waals surface area (Å²) in [6.07, 6.45) is -4.67. The van der Waals surface area contributed by atoms with Crippen molar-refractivity contribution < 1.29 is 22.7 Å². The maximum Gasteiger partial charge on any atom is 0.573 e. The summed E-state index contributed by atoms with van der Waals surface area (Å²) >= 11 is 11.8. The third kappa shape index (κ3) is 6.09. The molecule has 1 amide bonds. The van der Waals surface area contributed by atoms with Crippen molar-refractivity contribution in [1.82, 2.24) is 0 Å². The summed E-state index contributed by atoms with van der Waals surface area (Å²) in [5.74, 6) is -0.843. The third-order valence-electron chi connectivity index (χ3n) is 3.37. The molecule has 0 aromatic heterocycles. The van der Waals surface area contributed by atoms with Gasteiger partial charge in [0.15, 0.2) is 0 Å². The maximum absolute atomic E-state index is 12.4. The number of hydrogen-bond acceptors (Lipinski definition) is 3. The van der Waals surface area contributed by atoms with Gasteiger partial charge in [-0.2, -0.15) is 0 Å². The summed E-state index contributed by atoms with van der Waals surface area (Å²) in [5.41, 5.74) is 5.71. The lowest BCUT2D eigenvalue weighted by Gasteiger charge is -2.24. The summed E-state index contributed by atoms with van der Waals surface area (Å²) in [6, 6.07) is 9.70. The average Bonchev–Trinajstić information content (AvgIpc) is 2.46. The van der Waals surface area contributed by atoms with Crippen LogP contribution in [0.4, 0.5) is 18.9 Å². The van der Waals surface area contributed by atoms with Crippen LogP contribution in [0.25, 0.3) is 0 Å². The van der Waals surface area contributed by atoms with Gasteiger partial charge in [-0.05, 0) is 49.2 Å². The number of halogens is 5. The van der Waals surface area contributed by atoms with Crippen LogP contribution in [-0.4, -0.2) is 17.8 Å². The predicted octanol–water partition coefficient (Wildman–Crippen LogP) is 4.79. The molecule has 0 aliphatic carbocycles. The Bertz CT molecular complexity index is 773. The Labute approximate surface area is 158 Å². The molecule has 0 saturated heterocycles. The number of ether oxygens (including phenoxy) is 1. The van der Waals surface area contributed by atoms with Crippen molar-refractivity contribution in [2.75, 3.05) is 5.32 Å². The number of rotatable bonds is 5. The Balaban J connectivity index is 2.06. The zero-order valence-electron chi connectivity index (χ0n) is 13.5. The molecule has 1 atom stereocenters. The Morgan fingerprint density at radius 2 is 1.65 bits per heavy atom. The first-order valence-corrected chi connectivity index (χ1v) is 8.11. The van der Waals surface area contributed by atoms with E-state index in [4.69, 9.17) is 28.9 Å². The molecule has 0 saturated carbocycles. The lowest BCUT2D eigenvalue weighted by atomic mass is 9.93. The lowest BCUT2D eigenvalue weighted by molar-refractivity contribution is -0.274. The lowest BCUT2D eigenvalue weighted by Crippen LogP contribution is -2.50. The van der Waals surface area contributed by atoms with Crippen LogP contribution in [0.3, 0.4) is 0 Å². The van der Waals surface area contributed by atoms with E-state index in [-0.39, 0.29) is 12.2 Å². The van der Waals surface area contributed by atoms with Gasteiger partial charge in [-0.15, -0.1) is 13.2 Å². The second-order valence-electron chi connectivity index (χ2n) is 5.90. The van der Waals surface area contributed by atoms with Gasteiger partial charge in [-0.3, -0.25) is 4.79 Å². The van der Waals surface area contributed by atoms with Crippen molar-refractivity contribution in [2.45, 2.75) is 25.2 Å². The van der Waals surface area contributed by atoms with Gasteiger partial charge in [0.25, 0.3) is 0 Å². The molecule has 0 aliphatic rings. The molecule has 4 nitrogen and oxygen atoms in total. The second-order valence-corrected chi connectivity index (χ2v) is 6.77. The second kappa shape index (κ2) is 7.73. The molecule has 26 heavy (non-hydrogen) atoms. The molecule has 0 spiro atoms. The van der Waals surface area contributed by atoms with Crippen LogP contribution in [0.5, 0.6) is 5.75 Å². The molecule has 0 aliphatic heterocycles.